The maximum atomic E-state index is 10.3. The molecule has 0 amide bonds. The van der Waals surface area contributed by atoms with Crippen molar-refractivity contribution in [2.75, 3.05) is 0 Å². The first-order valence-corrected chi connectivity index (χ1v) is 5.58. The summed E-state index contributed by atoms with van der Waals surface area (Å²) in [6.07, 6.45) is -0.101. The molecule has 1 aromatic carbocycles. The molecular weight excluding hydrogens is 251 g/mol. The molecule has 5 heteroatoms. The highest BCUT2D eigenvalue weighted by Crippen LogP contribution is 2.23. The molecule has 0 saturated heterocycles. The van der Waals surface area contributed by atoms with Crippen LogP contribution in [0.15, 0.2) is 18.2 Å². The zero-order valence-corrected chi connectivity index (χ0v) is 10.0. The van der Waals surface area contributed by atoms with Crippen molar-refractivity contribution < 1.29 is 15.0 Å². The first kappa shape index (κ1) is 13.3. The van der Waals surface area contributed by atoms with E-state index in [1.807, 2.05) is 0 Å². The summed E-state index contributed by atoms with van der Waals surface area (Å²) in [5.41, 5.74) is 0.840. The number of carboxylic acid groups (broad SMARTS) is 1. The molecule has 0 saturated carbocycles. The van der Waals surface area contributed by atoms with Crippen molar-refractivity contribution in [2.45, 2.75) is 25.4 Å². The third-order valence-corrected chi connectivity index (χ3v) is 2.89. The van der Waals surface area contributed by atoms with Gasteiger partial charge in [-0.2, -0.15) is 0 Å². The summed E-state index contributed by atoms with van der Waals surface area (Å²) in [5, 5.41) is 18.9. The van der Waals surface area contributed by atoms with Crippen LogP contribution in [0.2, 0.25) is 10.0 Å². The first-order valence-electron chi connectivity index (χ1n) is 4.83. The van der Waals surface area contributed by atoms with Gasteiger partial charge in [0.25, 0.3) is 0 Å². The minimum Gasteiger partial charge on any atom is -0.481 e. The number of hydrogen-bond acceptors (Lipinski definition) is 2. The zero-order chi connectivity index (χ0) is 12.1. The first-order chi connectivity index (χ1) is 7.49. The number of rotatable bonds is 5. The molecule has 3 nitrogen and oxygen atoms in total. The third-order valence-electron chi connectivity index (χ3n) is 2.15. The highest BCUT2D eigenvalue weighted by atomic mass is 35.5. The quantitative estimate of drug-likeness (QED) is 0.858. The van der Waals surface area contributed by atoms with Gasteiger partial charge in [0.2, 0.25) is 0 Å². The van der Waals surface area contributed by atoms with Gasteiger partial charge in [0.05, 0.1) is 16.1 Å². The Hall–Kier alpha value is -0.770. The summed E-state index contributed by atoms with van der Waals surface area (Å²) in [7, 11) is 0. The number of benzene rings is 1. The van der Waals surface area contributed by atoms with Crippen molar-refractivity contribution in [2.24, 2.45) is 0 Å². The number of aliphatic hydroxyl groups excluding tert-OH is 1. The van der Waals surface area contributed by atoms with Gasteiger partial charge >= 0.3 is 5.97 Å². The fraction of sp³-hybridized carbons (Fsp3) is 0.364. The van der Waals surface area contributed by atoms with Crippen LogP contribution in [-0.4, -0.2) is 22.3 Å². The summed E-state index contributed by atoms with van der Waals surface area (Å²) in [5.74, 6) is -0.909. The molecule has 0 fully saturated rings. The topological polar surface area (TPSA) is 57.5 Å². The summed E-state index contributed by atoms with van der Waals surface area (Å²) in [4.78, 5) is 10.3. The minimum absolute atomic E-state index is 0.0392. The molecule has 0 bridgehead atoms. The Bertz CT molecular complexity index is 379. The van der Waals surface area contributed by atoms with Gasteiger partial charge in [0, 0.05) is 6.42 Å². The van der Waals surface area contributed by atoms with E-state index in [1.54, 1.807) is 18.2 Å². The van der Waals surface area contributed by atoms with E-state index in [2.05, 4.69) is 0 Å². The van der Waals surface area contributed by atoms with Crippen molar-refractivity contribution in [3.05, 3.63) is 33.8 Å². The monoisotopic (exact) mass is 262 g/mol. The molecule has 0 aliphatic heterocycles. The Kier molecular flexibility index (Phi) is 5.06. The normalized spacial score (nSPS) is 12.4. The smallest absolute Gasteiger partial charge is 0.303 e. The van der Waals surface area contributed by atoms with Gasteiger partial charge in [-0.05, 0) is 30.5 Å². The third kappa shape index (κ3) is 4.39. The lowest BCUT2D eigenvalue weighted by Crippen LogP contribution is -2.12. The van der Waals surface area contributed by atoms with Gasteiger partial charge in [0.15, 0.2) is 0 Å². The van der Waals surface area contributed by atoms with Crippen LogP contribution in [0.3, 0.4) is 0 Å². The van der Waals surface area contributed by atoms with Gasteiger partial charge in [-0.3, -0.25) is 4.79 Å². The molecule has 2 N–H and O–H groups in total. The van der Waals surface area contributed by atoms with E-state index in [1.165, 1.54) is 0 Å². The van der Waals surface area contributed by atoms with Crippen molar-refractivity contribution >= 4 is 29.2 Å². The Labute approximate surface area is 104 Å². The van der Waals surface area contributed by atoms with Gasteiger partial charge in [-0.1, -0.05) is 29.3 Å². The molecule has 1 atom stereocenters. The van der Waals surface area contributed by atoms with Crippen molar-refractivity contribution in [3.63, 3.8) is 0 Å². The number of aliphatic carboxylic acids is 1. The molecule has 16 heavy (non-hydrogen) atoms. The van der Waals surface area contributed by atoms with Crippen LogP contribution in [-0.2, 0) is 11.2 Å². The largest absolute Gasteiger partial charge is 0.481 e. The zero-order valence-electron chi connectivity index (χ0n) is 8.49. The Morgan fingerprint density at radius 3 is 2.56 bits per heavy atom. The molecule has 0 aromatic heterocycles. The van der Waals surface area contributed by atoms with E-state index in [9.17, 15) is 9.90 Å². The number of halogens is 2. The molecule has 1 unspecified atom stereocenters. The van der Waals surface area contributed by atoms with Crippen LogP contribution >= 0.6 is 23.2 Å². The van der Waals surface area contributed by atoms with E-state index in [-0.39, 0.29) is 12.8 Å². The Morgan fingerprint density at radius 2 is 2.00 bits per heavy atom. The fourth-order valence-electron chi connectivity index (χ4n) is 1.33. The molecule has 0 heterocycles. The number of hydrogen-bond donors (Lipinski definition) is 2. The van der Waals surface area contributed by atoms with E-state index in [4.69, 9.17) is 28.3 Å². The van der Waals surface area contributed by atoms with Crippen molar-refractivity contribution in [1.82, 2.24) is 0 Å². The molecule has 88 valence electrons. The molecule has 0 aliphatic rings. The molecular formula is C11H12Cl2O3. The molecule has 1 rings (SSSR count). The molecule has 0 spiro atoms. The molecule has 1 aromatic rings. The van der Waals surface area contributed by atoms with Gasteiger partial charge < -0.3 is 10.2 Å². The van der Waals surface area contributed by atoms with Gasteiger partial charge in [0.1, 0.15) is 0 Å². The second kappa shape index (κ2) is 6.09. The fourth-order valence-corrected chi connectivity index (χ4v) is 1.65. The second-order valence-electron chi connectivity index (χ2n) is 3.54. The summed E-state index contributed by atoms with van der Waals surface area (Å²) < 4.78 is 0. The number of carboxylic acids is 1. The molecule has 0 aliphatic carbocycles. The van der Waals surface area contributed by atoms with Crippen LogP contribution in [0.5, 0.6) is 0 Å². The van der Waals surface area contributed by atoms with Crippen LogP contribution in [0, 0.1) is 0 Å². The predicted molar refractivity (Wildman–Crippen MR) is 63.0 cm³/mol. The Balaban J connectivity index is 2.52. The second-order valence-corrected chi connectivity index (χ2v) is 4.35. The number of carbonyl (C=O) groups is 1. The van der Waals surface area contributed by atoms with Crippen LogP contribution in [0.1, 0.15) is 18.4 Å². The predicted octanol–water partition coefficient (Wildman–Crippen LogP) is 2.76. The van der Waals surface area contributed by atoms with Crippen molar-refractivity contribution in [1.29, 1.82) is 0 Å². The van der Waals surface area contributed by atoms with E-state index >= 15 is 0 Å². The van der Waals surface area contributed by atoms with Gasteiger partial charge in [-0.15, -0.1) is 0 Å². The lowest BCUT2D eigenvalue weighted by Gasteiger charge is -2.09. The van der Waals surface area contributed by atoms with E-state index in [0.29, 0.717) is 16.5 Å². The van der Waals surface area contributed by atoms with Crippen LogP contribution in [0.25, 0.3) is 0 Å². The lowest BCUT2D eigenvalue weighted by molar-refractivity contribution is -0.137. The highest BCUT2D eigenvalue weighted by Gasteiger charge is 2.09. The average Bonchev–Trinajstić information content (AvgIpc) is 2.21. The minimum atomic E-state index is -0.909. The lowest BCUT2D eigenvalue weighted by atomic mass is 10.0. The van der Waals surface area contributed by atoms with Crippen molar-refractivity contribution in [3.8, 4) is 0 Å². The van der Waals surface area contributed by atoms with E-state index < -0.39 is 12.1 Å². The van der Waals surface area contributed by atoms with Crippen LogP contribution < -0.4 is 0 Å². The summed E-state index contributed by atoms with van der Waals surface area (Å²) in [6.45, 7) is 0. The summed E-state index contributed by atoms with van der Waals surface area (Å²) >= 11 is 11.6. The molecule has 0 radical (unpaired) electrons. The SMILES string of the molecule is O=C(O)CCC(O)Cc1ccc(Cl)c(Cl)c1. The maximum absolute atomic E-state index is 10.3. The van der Waals surface area contributed by atoms with Crippen LogP contribution in [0.4, 0.5) is 0 Å². The Morgan fingerprint density at radius 1 is 1.31 bits per heavy atom. The number of aliphatic hydroxyl groups is 1. The van der Waals surface area contributed by atoms with Gasteiger partial charge in [-0.25, -0.2) is 0 Å². The summed E-state index contributed by atoms with van der Waals surface area (Å²) in [6, 6.07) is 5.09. The highest BCUT2D eigenvalue weighted by molar-refractivity contribution is 6.42. The standard InChI is InChI=1S/C11H12Cl2O3/c12-9-3-1-7(6-10(9)13)5-8(14)2-4-11(15)16/h1,3,6,8,14H,2,4-5H2,(H,15,16). The van der Waals surface area contributed by atoms with E-state index in [0.717, 1.165) is 5.56 Å². The maximum Gasteiger partial charge on any atom is 0.303 e. The average molecular weight is 263 g/mol.